The Bertz CT molecular complexity index is 1170. The zero-order valence-electron chi connectivity index (χ0n) is 19.8. The van der Waals surface area contributed by atoms with Crippen molar-refractivity contribution >= 4 is 5.91 Å². The molecule has 6 nitrogen and oxygen atoms in total. The first-order chi connectivity index (χ1) is 15.8. The average Bonchev–Trinajstić information content (AvgIpc) is 3.16. The number of carbonyl (C=O) groups excluding carboxylic acids is 1. The molecule has 1 aromatic heterocycles. The quantitative estimate of drug-likeness (QED) is 0.704. The van der Waals surface area contributed by atoms with Gasteiger partial charge in [-0.05, 0) is 70.0 Å². The van der Waals surface area contributed by atoms with Crippen molar-refractivity contribution in [3.8, 4) is 6.07 Å². The number of nitrogens with zero attached hydrogens (tertiary/aromatic N) is 4. The summed E-state index contributed by atoms with van der Waals surface area (Å²) in [5.74, 6) is -0.148. The zero-order chi connectivity index (χ0) is 25.1. The minimum Gasteiger partial charge on any atom is -0.386 e. The largest absolute Gasteiger partial charge is 0.431 e. The number of nitriles is 1. The summed E-state index contributed by atoms with van der Waals surface area (Å²) in [5, 5.41) is 19.9. The summed E-state index contributed by atoms with van der Waals surface area (Å²) in [5.41, 5.74) is 0.00356. The number of hydrogen-bond donors (Lipinski definition) is 1. The molecule has 2 aliphatic heterocycles. The number of likely N-dealkylation sites (N-methyl/N-ethyl adjacent to an activating group) is 1. The standard InChI is InChI=1S/C25H29F3N4O2.H2/c1-16-13-17(5-6-19(16)23(2,3)34)22(33)31-9-7-24(8-10-31)21-18(15-29)14-20(25(26,27)28)32(21)12-11-30(24)4;/h5-6,13-14,34H,7-12H2,1-4H3;1H. The predicted molar refractivity (Wildman–Crippen MR) is 122 cm³/mol. The Morgan fingerprint density at radius 3 is 2.32 bits per heavy atom. The van der Waals surface area contributed by atoms with E-state index in [2.05, 4.69) is 0 Å². The van der Waals surface area contributed by atoms with E-state index in [0.717, 1.165) is 17.2 Å². The van der Waals surface area contributed by atoms with Crippen molar-refractivity contribution in [3.05, 3.63) is 57.9 Å². The van der Waals surface area contributed by atoms with Crippen LogP contribution in [0, 0.1) is 18.3 Å². The Morgan fingerprint density at radius 1 is 1.15 bits per heavy atom. The first-order valence-corrected chi connectivity index (χ1v) is 11.3. The maximum absolute atomic E-state index is 13.7. The van der Waals surface area contributed by atoms with Crippen LogP contribution in [0.3, 0.4) is 0 Å². The van der Waals surface area contributed by atoms with Gasteiger partial charge in [-0.3, -0.25) is 9.69 Å². The van der Waals surface area contributed by atoms with Crippen LogP contribution in [0.1, 0.15) is 66.6 Å². The Morgan fingerprint density at radius 2 is 1.79 bits per heavy atom. The number of piperidine rings is 1. The molecule has 34 heavy (non-hydrogen) atoms. The van der Waals surface area contributed by atoms with E-state index in [4.69, 9.17) is 0 Å². The van der Waals surface area contributed by atoms with E-state index >= 15 is 0 Å². The van der Waals surface area contributed by atoms with Gasteiger partial charge in [-0.1, -0.05) is 6.07 Å². The van der Waals surface area contributed by atoms with Crippen LogP contribution >= 0.6 is 0 Å². The molecule has 9 heteroatoms. The maximum Gasteiger partial charge on any atom is 0.431 e. The molecule has 2 aliphatic rings. The van der Waals surface area contributed by atoms with Gasteiger partial charge in [-0.25, -0.2) is 0 Å². The van der Waals surface area contributed by atoms with Gasteiger partial charge in [0, 0.05) is 33.2 Å². The van der Waals surface area contributed by atoms with Crippen molar-refractivity contribution in [1.29, 1.82) is 5.26 Å². The topological polar surface area (TPSA) is 72.5 Å². The van der Waals surface area contributed by atoms with Gasteiger partial charge in [0.25, 0.3) is 5.91 Å². The van der Waals surface area contributed by atoms with Crippen LogP contribution in [0.2, 0.25) is 0 Å². The molecule has 3 heterocycles. The van der Waals surface area contributed by atoms with Crippen molar-refractivity contribution in [2.45, 2.75) is 57.5 Å². The van der Waals surface area contributed by atoms with E-state index in [9.17, 15) is 28.3 Å². The Labute approximate surface area is 198 Å². The summed E-state index contributed by atoms with van der Waals surface area (Å²) < 4.78 is 42.2. The Balaban J connectivity index is 0.00000342. The number of amides is 1. The molecule has 1 N–H and O–H groups in total. The van der Waals surface area contributed by atoms with Crippen LogP contribution in [0.25, 0.3) is 0 Å². The maximum atomic E-state index is 13.7. The number of alkyl halides is 3. The van der Waals surface area contributed by atoms with Gasteiger partial charge >= 0.3 is 6.18 Å². The molecule has 0 radical (unpaired) electrons. The van der Waals surface area contributed by atoms with E-state index < -0.39 is 23.0 Å². The molecule has 1 amide bonds. The average molecular weight is 477 g/mol. The molecular formula is C25H31F3N4O2. The lowest BCUT2D eigenvalue weighted by molar-refractivity contribution is -0.144. The van der Waals surface area contributed by atoms with E-state index in [1.807, 2.05) is 24.9 Å². The summed E-state index contributed by atoms with van der Waals surface area (Å²) in [7, 11) is 1.88. The number of benzene rings is 1. The van der Waals surface area contributed by atoms with Gasteiger partial charge in [-0.15, -0.1) is 0 Å². The third-order valence-corrected chi connectivity index (χ3v) is 7.35. The van der Waals surface area contributed by atoms with Crippen LogP contribution in [-0.4, -0.2) is 52.1 Å². The van der Waals surface area contributed by atoms with Gasteiger partial charge < -0.3 is 14.6 Å². The molecule has 1 aromatic carbocycles. The smallest absolute Gasteiger partial charge is 0.386 e. The lowest BCUT2D eigenvalue weighted by Gasteiger charge is -2.50. The molecule has 0 atom stereocenters. The molecule has 1 saturated heterocycles. The monoisotopic (exact) mass is 476 g/mol. The number of aryl methyl sites for hydroxylation is 1. The van der Waals surface area contributed by atoms with Crippen LogP contribution in [0.15, 0.2) is 24.3 Å². The van der Waals surface area contributed by atoms with Gasteiger partial charge in [0.05, 0.1) is 22.4 Å². The predicted octanol–water partition coefficient (Wildman–Crippen LogP) is 4.24. The van der Waals surface area contributed by atoms with Gasteiger partial charge in [-0.2, -0.15) is 18.4 Å². The van der Waals surface area contributed by atoms with E-state index in [0.29, 0.717) is 43.7 Å². The highest BCUT2D eigenvalue weighted by molar-refractivity contribution is 5.94. The summed E-state index contributed by atoms with van der Waals surface area (Å²) in [4.78, 5) is 17.0. The van der Waals surface area contributed by atoms with Crippen molar-refractivity contribution in [2.24, 2.45) is 0 Å². The molecule has 0 aliphatic carbocycles. The highest BCUT2D eigenvalue weighted by Crippen LogP contribution is 2.46. The SMILES string of the molecule is Cc1cc(C(=O)N2CCC3(CC2)c2c(C#N)cc(C(F)(F)F)n2CCN3C)ccc1C(C)(C)O.[HH]. The first-order valence-electron chi connectivity index (χ1n) is 11.3. The highest BCUT2D eigenvalue weighted by Gasteiger charge is 2.49. The normalized spacial score (nSPS) is 18.6. The fourth-order valence-electron chi connectivity index (χ4n) is 5.61. The molecular weight excluding hydrogens is 445 g/mol. The number of carbonyl (C=O) groups is 1. The van der Waals surface area contributed by atoms with Crippen molar-refractivity contribution < 1.29 is 24.5 Å². The molecule has 4 rings (SSSR count). The van der Waals surface area contributed by atoms with Gasteiger partial charge in [0.15, 0.2) is 0 Å². The molecule has 0 saturated carbocycles. The lowest BCUT2D eigenvalue weighted by atomic mass is 9.80. The molecule has 1 spiro atoms. The van der Waals surface area contributed by atoms with E-state index in [1.54, 1.807) is 36.9 Å². The summed E-state index contributed by atoms with van der Waals surface area (Å²) in [6.07, 6.45) is -3.66. The number of fused-ring (bicyclic) bond motifs is 2. The molecule has 2 aromatic rings. The third kappa shape index (κ3) is 3.89. The van der Waals surface area contributed by atoms with Crippen LogP contribution in [0.4, 0.5) is 13.2 Å². The number of likely N-dealkylation sites (tertiary alicyclic amines) is 1. The Hall–Kier alpha value is -2.83. The van der Waals surface area contributed by atoms with Crippen LogP contribution in [-0.2, 0) is 23.9 Å². The summed E-state index contributed by atoms with van der Waals surface area (Å²) in [6, 6.07) is 8.16. The van der Waals surface area contributed by atoms with Crippen molar-refractivity contribution in [2.75, 3.05) is 26.7 Å². The second-order valence-corrected chi connectivity index (χ2v) is 9.89. The fourth-order valence-corrected chi connectivity index (χ4v) is 5.61. The minimum atomic E-state index is -4.54. The summed E-state index contributed by atoms with van der Waals surface area (Å²) >= 11 is 0. The molecule has 1 fully saturated rings. The van der Waals surface area contributed by atoms with E-state index in [-0.39, 0.29) is 19.4 Å². The van der Waals surface area contributed by atoms with Crippen molar-refractivity contribution in [1.82, 2.24) is 14.4 Å². The third-order valence-electron chi connectivity index (χ3n) is 7.35. The zero-order valence-corrected chi connectivity index (χ0v) is 19.8. The molecule has 0 unspecified atom stereocenters. The minimum absolute atomic E-state index is 0. The fraction of sp³-hybridized carbons (Fsp3) is 0.520. The number of aliphatic hydroxyl groups is 1. The van der Waals surface area contributed by atoms with Gasteiger partial charge in [0.1, 0.15) is 11.8 Å². The number of halogens is 3. The molecule has 184 valence electrons. The van der Waals surface area contributed by atoms with Crippen LogP contribution < -0.4 is 0 Å². The van der Waals surface area contributed by atoms with Crippen molar-refractivity contribution in [3.63, 3.8) is 0 Å². The molecule has 0 bridgehead atoms. The highest BCUT2D eigenvalue weighted by atomic mass is 19.4. The lowest BCUT2D eigenvalue weighted by Crippen LogP contribution is -2.57. The number of hydrogen-bond acceptors (Lipinski definition) is 4. The number of rotatable bonds is 2. The Kier molecular flexibility index (Phi) is 5.82. The van der Waals surface area contributed by atoms with E-state index in [1.165, 1.54) is 4.57 Å². The van der Waals surface area contributed by atoms with Crippen LogP contribution in [0.5, 0.6) is 0 Å². The second-order valence-electron chi connectivity index (χ2n) is 9.89. The summed E-state index contributed by atoms with van der Waals surface area (Å²) in [6.45, 7) is 6.57. The first kappa shape index (κ1) is 24.3. The second kappa shape index (κ2) is 8.14. The van der Waals surface area contributed by atoms with Gasteiger partial charge in [0.2, 0.25) is 0 Å². The number of aromatic nitrogens is 1.